The molecule has 1 unspecified atom stereocenters. The molecule has 0 N–H and O–H groups in total. The van der Waals surface area contributed by atoms with Gasteiger partial charge in [0.2, 0.25) is 0 Å². The summed E-state index contributed by atoms with van der Waals surface area (Å²) in [5, 5.41) is 7.92. The summed E-state index contributed by atoms with van der Waals surface area (Å²) in [7, 11) is 0. The first-order chi connectivity index (χ1) is 8.15. The number of pyridine rings is 1. The lowest BCUT2D eigenvalue weighted by Crippen LogP contribution is -2.14. The van der Waals surface area contributed by atoms with Gasteiger partial charge in [-0.05, 0) is 34.5 Å². The maximum Gasteiger partial charge on any atom is 0.198 e. The van der Waals surface area contributed by atoms with Crippen molar-refractivity contribution >= 4 is 43.2 Å². The quantitative estimate of drug-likeness (QED) is 0.477. The lowest BCUT2D eigenvalue weighted by atomic mass is 10.1. The maximum absolute atomic E-state index is 12.1. The van der Waals surface area contributed by atoms with Crippen LogP contribution in [0.5, 0.6) is 0 Å². The van der Waals surface area contributed by atoms with E-state index in [1.807, 2.05) is 25.1 Å². The molecule has 2 heterocycles. The second-order valence-electron chi connectivity index (χ2n) is 3.70. The van der Waals surface area contributed by atoms with E-state index < -0.39 is 0 Å². The van der Waals surface area contributed by atoms with Gasteiger partial charge in [0.15, 0.2) is 11.5 Å². The van der Waals surface area contributed by atoms with Gasteiger partial charge in [-0.2, -0.15) is 0 Å². The van der Waals surface area contributed by atoms with E-state index in [1.54, 1.807) is 4.52 Å². The highest BCUT2D eigenvalue weighted by molar-refractivity contribution is 9.10. The number of nitrogens with zero attached hydrogens (tertiary/aromatic N) is 3. The lowest BCUT2D eigenvalue weighted by molar-refractivity contribution is 0.0985. The fourth-order valence-corrected chi connectivity index (χ4v) is 2.68. The molecule has 2 aromatic heterocycles. The molecule has 0 bridgehead atoms. The third-order valence-electron chi connectivity index (χ3n) is 2.46. The van der Waals surface area contributed by atoms with Crippen LogP contribution < -0.4 is 0 Å². The van der Waals surface area contributed by atoms with E-state index in [2.05, 4.69) is 42.2 Å². The number of ketones is 1. The van der Waals surface area contributed by atoms with E-state index in [4.69, 9.17) is 0 Å². The van der Waals surface area contributed by atoms with Gasteiger partial charge in [-0.15, -0.1) is 5.10 Å². The van der Waals surface area contributed by atoms with E-state index in [0.29, 0.717) is 5.69 Å². The van der Waals surface area contributed by atoms with Gasteiger partial charge in [0.1, 0.15) is 4.60 Å². The molecular weight excluding hydrogens is 350 g/mol. The zero-order chi connectivity index (χ0) is 12.4. The molecule has 2 rings (SSSR count). The summed E-state index contributed by atoms with van der Waals surface area (Å²) in [4.78, 5) is 12.0. The smallest absolute Gasteiger partial charge is 0.198 e. The first-order valence-electron chi connectivity index (χ1n) is 5.33. The van der Waals surface area contributed by atoms with Crippen molar-refractivity contribution in [1.29, 1.82) is 0 Å². The van der Waals surface area contributed by atoms with Gasteiger partial charge in [0.05, 0.1) is 10.3 Å². The number of carbonyl (C=O) groups excluding carboxylic acids is 1. The lowest BCUT2D eigenvalue weighted by Gasteiger charge is -2.04. The summed E-state index contributed by atoms with van der Waals surface area (Å²) < 4.78 is 2.39. The van der Waals surface area contributed by atoms with Crippen molar-refractivity contribution in [1.82, 2.24) is 14.8 Å². The van der Waals surface area contributed by atoms with Crippen molar-refractivity contribution in [3.8, 4) is 0 Å². The third kappa shape index (κ3) is 2.42. The Morgan fingerprint density at radius 2 is 2.29 bits per heavy atom. The van der Waals surface area contributed by atoms with E-state index in [9.17, 15) is 4.79 Å². The topological polar surface area (TPSA) is 47.3 Å². The molecule has 6 heteroatoms. The van der Waals surface area contributed by atoms with E-state index >= 15 is 0 Å². The molecule has 0 saturated heterocycles. The Morgan fingerprint density at radius 1 is 1.53 bits per heavy atom. The molecule has 0 aromatic carbocycles. The average molecular weight is 361 g/mol. The molecule has 17 heavy (non-hydrogen) atoms. The first kappa shape index (κ1) is 12.7. The van der Waals surface area contributed by atoms with Crippen molar-refractivity contribution < 1.29 is 4.79 Å². The minimum Gasteiger partial charge on any atom is -0.291 e. The van der Waals surface area contributed by atoms with Gasteiger partial charge in [-0.25, -0.2) is 4.52 Å². The van der Waals surface area contributed by atoms with Crippen molar-refractivity contribution in [2.45, 2.75) is 24.6 Å². The van der Waals surface area contributed by atoms with E-state index in [1.165, 1.54) is 0 Å². The highest BCUT2D eigenvalue weighted by Gasteiger charge is 2.22. The number of carbonyl (C=O) groups is 1. The van der Waals surface area contributed by atoms with Crippen LogP contribution in [0.2, 0.25) is 0 Å². The summed E-state index contributed by atoms with van der Waals surface area (Å²) in [6.07, 6.45) is 1.75. The number of rotatable bonds is 4. The molecule has 90 valence electrons. The Labute approximate surface area is 116 Å². The van der Waals surface area contributed by atoms with Crippen molar-refractivity contribution in [2.75, 3.05) is 0 Å². The van der Waals surface area contributed by atoms with Crippen LogP contribution in [0.15, 0.2) is 22.8 Å². The predicted octanol–water partition coefficient (Wildman–Crippen LogP) is 3.24. The first-order valence-corrected chi connectivity index (χ1v) is 7.04. The van der Waals surface area contributed by atoms with E-state index in [0.717, 1.165) is 23.0 Å². The Bertz CT molecular complexity index is 553. The maximum atomic E-state index is 12.1. The molecule has 0 fully saturated rings. The van der Waals surface area contributed by atoms with Crippen LogP contribution in [-0.2, 0) is 0 Å². The number of alkyl halides is 1. The second-order valence-corrected chi connectivity index (χ2v) is 5.62. The van der Waals surface area contributed by atoms with Crippen LogP contribution in [-0.4, -0.2) is 25.4 Å². The molecule has 2 aromatic rings. The van der Waals surface area contributed by atoms with Gasteiger partial charge in [0.25, 0.3) is 0 Å². The summed E-state index contributed by atoms with van der Waals surface area (Å²) in [6.45, 7) is 2.04. The van der Waals surface area contributed by atoms with Crippen LogP contribution in [0.3, 0.4) is 0 Å². The molecule has 4 nitrogen and oxygen atoms in total. The van der Waals surface area contributed by atoms with E-state index in [-0.39, 0.29) is 10.6 Å². The molecule has 0 aliphatic carbocycles. The minimum absolute atomic E-state index is 0.0139. The van der Waals surface area contributed by atoms with Gasteiger partial charge in [-0.1, -0.05) is 40.6 Å². The van der Waals surface area contributed by atoms with Crippen LogP contribution in [0, 0.1) is 0 Å². The zero-order valence-corrected chi connectivity index (χ0v) is 12.4. The molecule has 0 radical (unpaired) electrons. The summed E-state index contributed by atoms with van der Waals surface area (Å²) in [6, 6.07) is 5.56. The van der Waals surface area contributed by atoms with Crippen molar-refractivity contribution in [3.05, 3.63) is 28.5 Å². The predicted molar refractivity (Wildman–Crippen MR) is 72.6 cm³/mol. The molecule has 0 amide bonds. The largest absolute Gasteiger partial charge is 0.291 e. The fraction of sp³-hybridized carbons (Fsp3) is 0.364. The van der Waals surface area contributed by atoms with Crippen molar-refractivity contribution in [3.63, 3.8) is 0 Å². The average Bonchev–Trinajstić information content (AvgIpc) is 2.73. The Balaban J connectivity index is 2.43. The number of hydrogen-bond donors (Lipinski definition) is 0. The minimum atomic E-state index is -0.188. The SMILES string of the molecule is CCCC(Br)C(=O)c1nnn2c(Br)cccc12. The monoisotopic (exact) mass is 359 g/mol. The summed E-state index contributed by atoms with van der Waals surface area (Å²) in [5.41, 5.74) is 1.14. The van der Waals surface area contributed by atoms with Gasteiger partial charge < -0.3 is 0 Å². The van der Waals surface area contributed by atoms with Crippen LogP contribution in [0.1, 0.15) is 30.3 Å². The van der Waals surface area contributed by atoms with Crippen molar-refractivity contribution in [2.24, 2.45) is 0 Å². The number of aromatic nitrogens is 3. The number of hydrogen-bond acceptors (Lipinski definition) is 3. The molecular formula is C11H11Br2N3O. The van der Waals surface area contributed by atoms with Gasteiger partial charge in [0, 0.05) is 0 Å². The number of Topliss-reactive ketones (excluding diaryl/α,β-unsaturated/α-hetero) is 1. The molecule has 1 atom stereocenters. The van der Waals surface area contributed by atoms with Gasteiger partial charge >= 0.3 is 0 Å². The standard InChI is InChI=1S/C11H11Br2N3O/c1-2-4-7(12)11(17)10-8-5-3-6-9(13)16(8)15-14-10/h3,5-7H,2,4H2,1H3. The fourth-order valence-electron chi connectivity index (χ4n) is 1.59. The van der Waals surface area contributed by atoms with Crippen LogP contribution in [0.4, 0.5) is 0 Å². The normalized spacial score (nSPS) is 12.9. The molecule has 0 aliphatic rings. The van der Waals surface area contributed by atoms with Crippen LogP contribution in [0.25, 0.3) is 5.52 Å². The zero-order valence-electron chi connectivity index (χ0n) is 9.23. The summed E-state index contributed by atoms with van der Waals surface area (Å²) in [5.74, 6) is -0.0139. The molecule has 0 spiro atoms. The number of halogens is 2. The second kappa shape index (κ2) is 5.27. The molecule has 0 aliphatic heterocycles. The third-order valence-corrected chi connectivity index (χ3v) is 3.93. The molecule has 0 saturated carbocycles. The summed E-state index contributed by atoms with van der Waals surface area (Å²) >= 11 is 6.76. The Kier molecular flexibility index (Phi) is 3.93. The Hall–Kier alpha value is -0.750. The number of fused-ring (bicyclic) bond motifs is 1. The van der Waals surface area contributed by atoms with Crippen LogP contribution >= 0.6 is 31.9 Å². The highest BCUT2D eigenvalue weighted by atomic mass is 79.9. The highest BCUT2D eigenvalue weighted by Crippen LogP contribution is 2.19. The Morgan fingerprint density at radius 3 is 3.00 bits per heavy atom. The van der Waals surface area contributed by atoms with Gasteiger partial charge in [-0.3, -0.25) is 4.79 Å².